The average molecular weight is 978 g/mol. The number of hydrogen-bond acceptors (Lipinski definition) is 6. The highest BCUT2D eigenvalue weighted by molar-refractivity contribution is 5.71. The van der Waals surface area contributed by atoms with Crippen molar-refractivity contribution in [1.29, 1.82) is 0 Å². The van der Waals surface area contributed by atoms with E-state index in [2.05, 4.69) is 93.7 Å². The molecule has 0 aliphatic carbocycles. The van der Waals surface area contributed by atoms with Gasteiger partial charge in [-0.25, -0.2) is 0 Å². The van der Waals surface area contributed by atoms with Crippen LogP contribution in [0.1, 0.15) is 297 Å². The number of hydrogen-bond donors (Lipinski definition) is 0. The minimum atomic E-state index is -0.783. The quantitative estimate of drug-likeness (QED) is 0.0261. The molecule has 0 saturated carbocycles. The van der Waals surface area contributed by atoms with Crippen LogP contribution in [-0.2, 0) is 28.6 Å². The maximum absolute atomic E-state index is 12.8. The standard InChI is InChI=1S/C64H112O6/c1-4-7-10-13-16-19-22-24-26-28-29-30-31-32-33-34-35-36-38-39-42-45-48-51-54-57-63(66)69-60-61(59-68-62(65)56-53-50-47-44-41-21-18-15-12-9-6-3)70-64(67)58-55-52-49-46-43-40-37-27-25-23-20-17-14-11-8-5-2/h7,10,15-16,18-19,24,26-27,29-30,37,61H,4-6,8-9,11-14,17,20-23,25,28,31-36,38-60H2,1-3H3/b10-7-,18-15-,19-16-,26-24-,30-29-,37-27-. The summed E-state index contributed by atoms with van der Waals surface area (Å²) in [4.78, 5) is 38.1. The lowest BCUT2D eigenvalue weighted by Gasteiger charge is -2.18. The van der Waals surface area contributed by atoms with Gasteiger partial charge in [-0.15, -0.1) is 0 Å². The lowest BCUT2D eigenvalue weighted by atomic mass is 10.0. The third-order valence-corrected chi connectivity index (χ3v) is 12.9. The van der Waals surface area contributed by atoms with E-state index in [1.165, 1.54) is 154 Å². The van der Waals surface area contributed by atoms with Crippen LogP contribution in [0.3, 0.4) is 0 Å². The normalized spacial score (nSPS) is 12.6. The summed E-state index contributed by atoms with van der Waals surface area (Å²) in [6.45, 7) is 6.49. The van der Waals surface area contributed by atoms with Crippen LogP contribution in [0, 0.1) is 0 Å². The third kappa shape index (κ3) is 55.8. The Kier molecular flexibility index (Phi) is 55.8. The number of rotatable bonds is 54. The summed E-state index contributed by atoms with van der Waals surface area (Å²) in [5, 5.41) is 0. The smallest absolute Gasteiger partial charge is 0.306 e. The zero-order valence-electron chi connectivity index (χ0n) is 46.3. The molecular weight excluding hydrogens is 865 g/mol. The molecule has 70 heavy (non-hydrogen) atoms. The Bertz CT molecular complexity index is 1310. The minimum absolute atomic E-state index is 0.0808. The van der Waals surface area contributed by atoms with Crippen molar-refractivity contribution in [3.05, 3.63) is 72.9 Å². The molecule has 0 N–H and O–H groups in total. The van der Waals surface area contributed by atoms with Crippen molar-refractivity contribution < 1.29 is 28.6 Å². The first-order valence-corrected chi connectivity index (χ1v) is 29.9. The molecule has 0 spiro atoms. The van der Waals surface area contributed by atoms with Crippen LogP contribution in [0.5, 0.6) is 0 Å². The second-order valence-electron chi connectivity index (χ2n) is 19.9. The molecular formula is C64H112O6. The fourth-order valence-corrected chi connectivity index (χ4v) is 8.41. The first-order valence-electron chi connectivity index (χ1n) is 29.9. The van der Waals surface area contributed by atoms with E-state index < -0.39 is 6.10 Å². The lowest BCUT2D eigenvalue weighted by molar-refractivity contribution is -0.167. The Morgan fingerprint density at radius 1 is 0.300 bits per heavy atom. The average Bonchev–Trinajstić information content (AvgIpc) is 3.36. The number of allylic oxidation sites excluding steroid dienone is 12. The molecule has 0 aromatic heterocycles. The van der Waals surface area contributed by atoms with Crippen molar-refractivity contribution in [2.45, 2.75) is 303 Å². The molecule has 1 atom stereocenters. The van der Waals surface area contributed by atoms with Crippen molar-refractivity contribution in [2.24, 2.45) is 0 Å². The Labute approximate surface area is 433 Å². The molecule has 6 heteroatoms. The van der Waals surface area contributed by atoms with Crippen molar-refractivity contribution in [3.63, 3.8) is 0 Å². The topological polar surface area (TPSA) is 78.9 Å². The van der Waals surface area contributed by atoms with Gasteiger partial charge in [-0.2, -0.15) is 0 Å². The van der Waals surface area contributed by atoms with Gasteiger partial charge in [0.2, 0.25) is 0 Å². The predicted octanol–water partition coefficient (Wildman–Crippen LogP) is 20.2. The largest absolute Gasteiger partial charge is 0.462 e. The maximum atomic E-state index is 12.8. The monoisotopic (exact) mass is 977 g/mol. The van der Waals surface area contributed by atoms with E-state index in [-0.39, 0.29) is 31.1 Å². The molecule has 1 unspecified atom stereocenters. The number of carbonyl (C=O) groups excluding carboxylic acids is 3. The lowest BCUT2D eigenvalue weighted by Crippen LogP contribution is -2.30. The minimum Gasteiger partial charge on any atom is -0.462 e. The SMILES string of the molecule is CC/C=C\C/C=C\C/C=C\C/C=C\CCCCCCCCCCCCCCC(=O)OCC(COC(=O)CCCCCCC/C=C\CCCC)OC(=O)CCCCCCC/C=C\CCCCCCCCC. The Balaban J connectivity index is 4.26. The summed E-state index contributed by atoms with van der Waals surface area (Å²) in [6, 6.07) is 0. The van der Waals surface area contributed by atoms with Crippen LogP contribution >= 0.6 is 0 Å². The highest BCUT2D eigenvalue weighted by Crippen LogP contribution is 2.16. The highest BCUT2D eigenvalue weighted by Gasteiger charge is 2.19. The van der Waals surface area contributed by atoms with E-state index in [1.54, 1.807) is 0 Å². The molecule has 0 bridgehead atoms. The second kappa shape index (κ2) is 58.4. The molecule has 0 radical (unpaired) electrons. The Morgan fingerprint density at radius 2 is 0.571 bits per heavy atom. The van der Waals surface area contributed by atoms with Crippen molar-refractivity contribution in [3.8, 4) is 0 Å². The first kappa shape index (κ1) is 66.9. The molecule has 0 aliphatic heterocycles. The van der Waals surface area contributed by atoms with Crippen molar-refractivity contribution >= 4 is 17.9 Å². The van der Waals surface area contributed by atoms with Gasteiger partial charge < -0.3 is 14.2 Å². The van der Waals surface area contributed by atoms with E-state index in [0.29, 0.717) is 19.3 Å². The van der Waals surface area contributed by atoms with Gasteiger partial charge in [-0.3, -0.25) is 14.4 Å². The summed E-state index contributed by atoms with van der Waals surface area (Å²) in [6.07, 6.45) is 74.7. The Morgan fingerprint density at radius 3 is 0.929 bits per heavy atom. The number of carbonyl (C=O) groups is 3. The van der Waals surface area contributed by atoms with Gasteiger partial charge in [0.15, 0.2) is 6.10 Å². The molecule has 0 aliphatic rings. The molecule has 0 heterocycles. The van der Waals surface area contributed by atoms with Gasteiger partial charge in [0.05, 0.1) is 0 Å². The predicted molar refractivity (Wildman–Crippen MR) is 302 cm³/mol. The molecule has 0 aromatic carbocycles. The second-order valence-corrected chi connectivity index (χ2v) is 19.9. The van der Waals surface area contributed by atoms with Crippen LogP contribution in [0.2, 0.25) is 0 Å². The number of esters is 3. The van der Waals surface area contributed by atoms with E-state index in [9.17, 15) is 14.4 Å². The molecule has 6 nitrogen and oxygen atoms in total. The van der Waals surface area contributed by atoms with Crippen LogP contribution < -0.4 is 0 Å². The van der Waals surface area contributed by atoms with Crippen molar-refractivity contribution in [1.82, 2.24) is 0 Å². The molecule has 0 amide bonds. The molecule has 0 saturated heterocycles. The van der Waals surface area contributed by atoms with Crippen LogP contribution in [0.15, 0.2) is 72.9 Å². The van der Waals surface area contributed by atoms with Gasteiger partial charge in [-0.1, -0.05) is 248 Å². The third-order valence-electron chi connectivity index (χ3n) is 12.9. The number of ether oxygens (including phenoxy) is 3. The highest BCUT2D eigenvalue weighted by atomic mass is 16.6. The molecule has 404 valence electrons. The van der Waals surface area contributed by atoms with Gasteiger partial charge >= 0.3 is 17.9 Å². The van der Waals surface area contributed by atoms with E-state index >= 15 is 0 Å². The fourth-order valence-electron chi connectivity index (χ4n) is 8.41. The number of unbranched alkanes of at least 4 members (excludes halogenated alkanes) is 31. The first-order chi connectivity index (χ1) is 34.5. The van der Waals surface area contributed by atoms with E-state index in [0.717, 1.165) is 103 Å². The zero-order chi connectivity index (χ0) is 50.7. The van der Waals surface area contributed by atoms with Crippen LogP contribution in [0.4, 0.5) is 0 Å². The maximum Gasteiger partial charge on any atom is 0.306 e. The van der Waals surface area contributed by atoms with Crippen LogP contribution in [0.25, 0.3) is 0 Å². The molecule has 0 fully saturated rings. The summed E-state index contributed by atoms with van der Waals surface area (Å²) in [7, 11) is 0. The van der Waals surface area contributed by atoms with Crippen LogP contribution in [-0.4, -0.2) is 37.2 Å². The Hall–Kier alpha value is -3.15. The summed E-state index contributed by atoms with van der Waals surface area (Å²) < 4.78 is 16.9. The van der Waals surface area contributed by atoms with Crippen molar-refractivity contribution in [2.75, 3.05) is 13.2 Å². The van der Waals surface area contributed by atoms with E-state index in [4.69, 9.17) is 14.2 Å². The molecule has 0 rings (SSSR count). The summed E-state index contributed by atoms with van der Waals surface area (Å²) >= 11 is 0. The summed E-state index contributed by atoms with van der Waals surface area (Å²) in [5.41, 5.74) is 0. The zero-order valence-corrected chi connectivity index (χ0v) is 46.3. The van der Waals surface area contributed by atoms with E-state index in [1.807, 2.05) is 0 Å². The van der Waals surface area contributed by atoms with Gasteiger partial charge in [0.25, 0.3) is 0 Å². The summed E-state index contributed by atoms with van der Waals surface area (Å²) in [5.74, 6) is -0.892. The van der Waals surface area contributed by atoms with Gasteiger partial charge in [0.1, 0.15) is 13.2 Å². The fraction of sp³-hybridized carbons (Fsp3) is 0.766. The van der Waals surface area contributed by atoms with Gasteiger partial charge in [0, 0.05) is 19.3 Å². The van der Waals surface area contributed by atoms with Gasteiger partial charge in [-0.05, 0) is 103 Å². The molecule has 0 aromatic rings.